The first-order valence-corrected chi connectivity index (χ1v) is 9.84. The fraction of sp³-hybridized carbons (Fsp3) is 0.227. The van der Waals surface area contributed by atoms with Crippen molar-refractivity contribution in [3.05, 3.63) is 76.8 Å². The second-order valence-electron chi connectivity index (χ2n) is 7.12. The molecule has 2 aromatic carbocycles. The molecule has 0 fully saturated rings. The summed E-state index contributed by atoms with van der Waals surface area (Å²) < 4.78 is 7.03. The number of carboxylic acid groups (broad SMARTS) is 1. The van der Waals surface area contributed by atoms with Crippen molar-refractivity contribution in [2.24, 2.45) is 7.05 Å². The lowest BCUT2D eigenvalue weighted by molar-refractivity contribution is -0.137. The predicted molar refractivity (Wildman–Crippen MR) is 111 cm³/mol. The number of carboxylic acids is 1. The van der Waals surface area contributed by atoms with E-state index < -0.39 is 18.1 Å². The van der Waals surface area contributed by atoms with Crippen LogP contribution >= 0.6 is 11.6 Å². The van der Waals surface area contributed by atoms with Gasteiger partial charge in [0.1, 0.15) is 23.6 Å². The maximum absolute atomic E-state index is 12.5. The molecule has 0 bridgehead atoms. The molecule has 7 nitrogen and oxygen atoms in total. The van der Waals surface area contributed by atoms with Crippen molar-refractivity contribution in [2.45, 2.75) is 18.4 Å². The Morgan fingerprint density at radius 3 is 2.30 bits per heavy atom. The number of carbonyl (C=O) groups excluding carboxylic acids is 1. The molecule has 0 unspecified atom stereocenters. The van der Waals surface area contributed by atoms with Crippen LogP contribution in [0.2, 0.25) is 5.15 Å². The van der Waals surface area contributed by atoms with Gasteiger partial charge in [-0.25, -0.2) is 9.78 Å². The van der Waals surface area contributed by atoms with E-state index in [9.17, 15) is 14.7 Å². The number of rotatable bonds is 6. The fourth-order valence-electron chi connectivity index (χ4n) is 3.89. The quantitative estimate of drug-likeness (QED) is 0.619. The van der Waals surface area contributed by atoms with Crippen molar-refractivity contribution in [1.82, 2.24) is 14.9 Å². The molecule has 30 heavy (non-hydrogen) atoms. The number of aliphatic carboxylic acids is 1. The Kier molecular flexibility index (Phi) is 5.46. The van der Waals surface area contributed by atoms with E-state index in [1.165, 1.54) is 10.8 Å². The second kappa shape index (κ2) is 8.20. The summed E-state index contributed by atoms with van der Waals surface area (Å²) in [5.41, 5.74) is 4.47. The number of aromatic nitrogens is 2. The van der Waals surface area contributed by atoms with Gasteiger partial charge in [-0.15, -0.1) is 0 Å². The van der Waals surface area contributed by atoms with Crippen LogP contribution in [-0.2, 0) is 16.6 Å². The number of amides is 1. The van der Waals surface area contributed by atoms with Gasteiger partial charge in [-0.1, -0.05) is 60.1 Å². The van der Waals surface area contributed by atoms with Crippen molar-refractivity contribution in [1.29, 1.82) is 0 Å². The Bertz CT molecular complexity index is 1070. The molecule has 0 saturated heterocycles. The molecule has 1 aliphatic rings. The van der Waals surface area contributed by atoms with Crippen LogP contribution < -0.4 is 5.32 Å². The molecule has 1 amide bonds. The average molecular weight is 426 g/mol. The number of alkyl carbamates (subject to hydrolysis) is 1. The molecule has 0 spiro atoms. The van der Waals surface area contributed by atoms with Gasteiger partial charge in [-0.05, 0) is 22.3 Å². The van der Waals surface area contributed by atoms with E-state index in [2.05, 4.69) is 22.4 Å². The number of carbonyl (C=O) groups is 2. The molecule has 154 valence electrons. The summed E-state index contributed by atoms with van der Waals surface area (Å²) in [6.45, 7) is 0.140. The van der Waals surface area contributed by atoms with Crippen LogP contribution in [0.15, 0.2) is 54.7 Å². The minimum Gasteiger partial charge on any atom is -0.481 e. The number of fused-ring (bicyclic) bond motifs is 3. The lowest BCUT2D eigenvalue weighted by Gasteiger charge is -2.19. The standard InChI is InChI=1S/C22H20ClN3O4/c1-26-19(23)11-24-21(26)18(10-20(27)28)25-22(29)30-12-17-15-8-4-2-6-13(15)14-7-3-5-9-16(14)17/h2-9,11,17-18H,10,12H2,1H3,(H,25,29)(H,27,28)/t18-/m0/s1. The maximum Gasteiger partial charge on any atom is 0.407 e. The number of hydrogen-bond donors (Lipinski definition) is 2. The maximum atomic E-state index is 12.5. The third kappa shape index (κ3) is 3.76. The normalized spacial score (nSPS) is 13.4. The van der Waals surface area contributed by atoms with Gasteiger partial charge in [-0.3, -0.25) is 4.79 Å². The van der Waals surface area contributed by atoms with Gasteiger partial charge in [0.15, 0.2) is 0 Å². The van der Waals surface area contributed by atoms with Gasteiger partial charge in [0, 0.05) is 13.0 Å². The van der Waals surface area contributed by atoms with Gasteiger partial charge in [0.05, 0.1) is 12.6 Å². The molecule has 3 aromatic rings. The number of hydrogen-bond acceptors (Lipinski definition) is 4. The van der Waals surface area contributed by atoms with Crippen molar-refractivity contribution in [3.8, 4) is 11.1 Å². The van der Waals surface area contributed by atoms with Crippen molar-refractivity contribution in [3.63, 3.8) is 0 Å². The van der Waals surface area contributed by atoms with E-state index in [0.29, 0.717) is 11.0 Å². The first kappa shape index (κ1) is 20.0. The molecular weight excluding hydrogens is 406 g/mol. The highest BCUT2D eigenvalue weighted by molar-refractivity contribution is 6.29. The van der Waals surface area contributed by atoms with Crippen LogP contribution in [-0.4, -0.2) is 33.3 Å². The van der Waals surface area contributed by atoms with Crippen LogP contribution in [0.5, 0.6) is 0 Å². The first-order valence-electron chi connectivity index (χ1n) is 9.46. The zero-order valence-electron chi connectivity index (χ0n) is 16.2. The molecule has 1 aromatic heterocycles. The largest absolute Gasteiger partial charge is 0.481 e. The van der Waals surface area contributed by atoms with E-state index in [0.717, 1.165) is 22.3 Å². The van der Waals surface area contributed by atoms with E-state index in [1.807, 2.05) is 36.4 Å². The highest BCUT2D eigenvalue weighted by Crippen LogP contribution is 2.44. The average Bonchev–Trinajstić information content (AvgIpc) is 3.23. The van der Waals surface area contributed by atoms with Gasteiger partial charge in [0.2, 0.25) is 0 Å². The molecule has 0 aliphatic heterocycles. The number of ether oxygens (including phenoxy) is 1. The highest BCUT2D eigenvalue weighted by Gasteiger charge is 2.30. The zero-order chi connectivity index (χ0) is 21.3. The summed E-state index contributed by atoms with van der Waals surface area (Å²) in [6, 6.07) is 15.2. The predicted octanol–water partition coefficient (Wildman–Crippen LogP) is 4.13. The number of nitrogens with one attached hydrogen (secondary N) is 1. The topological polar surface area (TPSA) is 93.5 Å². The Morgan fingerprint density at radius 2 is 1.77 bits per heavy atom. The van der Waals surface area contributed by atoms with Crippen molar-refractivity contribution < 1.29 is 19.4 Å². The van der Waals surface area contributed by atoms with E-state index in [1.54, 1.807) is 7.05 Å². The third-order valence-electron chi connectivity index (χ3n) is 5.29. The Balaban J connectivity index is 1.49. The van der Waals surface area contributed by atoms with Gasteiger partial charge >= 0.3 is 12.1 Å². The lowest BCUT2D eigenvalue weighted by Crippen LogP contribution is -2.33. The molecule has 0 radical (unpaired) electrons. The molecular formula is C22H20ClN3O4. The minimum atomic E-state index is -1.07. The number of benzene rings is 2. The Hall–Kier alpha value is -3.32. The monoisotopic (exact) mass is 425 g/mol. The molecule has 1 aliphatic carbocycles. The molecule has 0 saturated carbocycles. The van der Waals surface area contributed by atoms with Crippen LogP contribution in [0.1, 0.15) is 35.3 Å². The fourth-order valence-corrected chi connectivity index (χ4v) is 4.02. The molecule has 2 N–H and O–H groups in total. The van der Waals surface area contributed by atoms with Crippen LogP contribution in [0.25, 0.3) is 11.1 Å². The molecule has 8 heteroatoms. The number of imidazole rings is 1. The summed E-state index contributed by atoms with van der Waals surface area (Å²) in [5, 5.41) is 12.2. The van der Waals surface area contributed by atoms with Crippen LogP contribution in [0, 0.1) is 0 Å². The summed E-state index contributed by atoms with van der Waals surface area (Å²) in [5.74, 6) is -0.808. The smallest absolute Gasteiger partial charge is 0.407 e. The number of nitrogens with zero attached hydrogens (tertiary/aromatic N) is 2. The highest BCUT2D eigenvalue weighted by atomic mass is 35.5. The lowest BCUT2D eigenvalue weighted by atomic mass is 9.98. The third-order valence-corrected chi connectivity index (χ3v) is 5.64. The molecule has 1 atom stereocenters. The van der Waals surface area contributed by atoms with Crippen LogP contribution in [0.3, 0.4) is 0 Å². The molecule has 1 heterocycles. The zero-order valence-corrected chi connectivity index (χ0v) is 17.0. The first-order chi connectivity index (χ1) is 14.5. The van der Waals surface area contributed by atoms with E-state index >= 15 is 0 Å². The summed E-state index contributed by atoms with van der Waals surface area (Å²) >= 11 is 6.00. The Labute approximate surface area is 178 Å². The van der Waals surface area contributed by atoms with Crippen molar-refractivity contribution in [2.75, 3.05) is 6.61 Å². The summed E-state index contributed by atoms with van der Waals surface area (Å²) in [6.07, 6.45) is 0.360. The second-order valence-corrected chi connectivity index (χ2v) is 7.51. The van der Waals surface area contributed by atoms with E-state index in [-0.39, 0.29) is 18.9 Å². The van der Waals surface area contributed by atoms with Gasteiger partial charge < -0.3 is 19.7 Å². The SMILES string of the molecule is Cn1c(Cl)cnc1[C@H](CC(=O)O)NC(=O)OCC1c2ccccc2-c2ccccc21. The van der Waals surface area contributed by atoms with Gasteiger partial charge in [0.25, 0.3) is 0 Å². The summed E-state index contributed by atoms with van der Waals surface area (Å²) in [4.78, 5) is 27.9. The van der Waals surface area contributed by atoms with Crippen LogP contribution in [0.4, 0.5) is 4.79 Å². The van der Waals surface area contributed by atoms with Crippen molar-refractivity contribution >= 4 is 23.7 Å². The molecule has 4 rings (SSSR count). The van der Waals surface area contributed by atoms with Gasteiger partial charge in [-0.2, -0.15) is 0 Å². The number of halogens is 1. The summed E-state index contributed by atoms with van der Waals surface area (Å²) in [7, 11) is 1.65. The minimum absolute atomic E-state index is 0.0799. The Morgan fingerprint density at radius 1 is 1.17 bits per heavy atom. The van der Waals surface area contributed by atoms with E-state index in [4.69, 9.17) is 16.3 Å².